The zero-order chi connectivity index (χ0) is 30.6. The average molecular weight is 569 g/mol. The van der Waals surface area contributed by atoms with Gasteiger partial charge < -0.3 is 53.2 Å². The first kappa shape index (κ1) is 33.3. The molecular weight excluding hydrogens is 536 g/mol. The summed E-state index contributed by atoms with van der Waals surface area (Å²) in [6, 6.07) is -1.88. The summed E-state index contributed by atoms with van der Waals surface area (Å²) >= 11 is 0. The highest BCUT2D eigenvalue weighted by molar-refractivity contribution is 5.96. The van der Waals surface area contributed by atoms with Crippen LogP contribution in [0.2, 0.25) is 0 Å². The van der Waals surface area contributed by atoms with E-state index < -0.39 is 91.1 Å². The molecule has 0 aliphatic heterocycles. The maximum atomic E-state index is 12.7. The van der Waals surface area contributed by atoms with Crippen molar-refractivity contribution in [1.82, 2.24) is 21.3 Å². The molecule has 5 atom stereocenters. The first-order valence-corrected chi connectivity index (χ1v) is 11.7. The van der Waals surface area contributed by atoms with Crippen molar-refractivity contribution in [3.8, 4) is 5.75 Å². The first-order valence-electron chi connectivity index (χ1n) is 11.7. The number of aliphatic hydroxyl groups excluding tert-OH is 1. The highest BCUT2D eigenvalue weighted by atomic mass is 16.4. The SMILES string of the molecule is C[C@H](NC(=O)[C@H](CC(=O)O)NC(=O)[C@@H](N)Cc1ccc(O)cc1)C(=O)N[C@@H](CO)C(=O)N[C@@H](CC(N)=O)C(=O)O. The number of primary amides is 1. The molecule has 5 amide bonds. The number of carboxylic acids is 2. The molecule has 17 nitrogen and oxygen atoms in total. The fourth-order valence-electron chi connectivity index (χ4n) is 3.19. The number of hydrogen-bond acceptors (Lipinski definition) is 10. The Hall–Kier alpha value is -4.77. The van der Waals surface area contributed by atoms with Crippen LogP contribution < -0.4 is 32.7 Å². The third-order valence-electron chi connectivity index (χ3n) is 5.33. The molecular formula is C23H32N6O11. The molecule has 0 saturated carbocycles. The highest BCUT2D eigenvalue weighted by Gasteiger charge is 2.31. The minimum atomic E-state index is -1.73. The number of benzene rings is 1. The van der Waals surface area contributed by atoms with Crippen molar-refractivity contribution in [3.63, 3.8) is 0 Å². The number of nitrogens with two attached hydrogens (primary N) is 2. The van der Waals surface area contributed by atoms with E-state index in [1.54, 1.807) is 0 Å². The van der Waals surface area contributed by atoms with E-state index in [9.17, 15) is 43.8 Å². The van der Waals surface area contributed by atoms with Crippen LogP contribution in [0.3, 0.4) is 0 Å². The lowest BCUT2D eigenvalue weighted by Gasteiger charge is -2.23. The molecule has 0 aliphatic rings. The molecule has 0 bridgehead atoms. The lowest BCUT2D eigenvalue weighted by molar-refractivity contribution is -0.144. The summed E-state index contributed by atoms with van der Waals surface area (Å²) in [7, 11) is 0. The summed E-state index contributed by atoms with van der Waals surface area (Å²) in [5.41, 5.74) is 11.4. The third-order valence-corrected chi connectivity index (χ3v) is 5.33. The van der Waals surface area contributed by atoms with Gasteiger partial charge in [0.2, 0.25) is 29.5 Å². The zero-order valence-electron chi connectivity index (χ0n) is 21.3. The monoisotopic (exact) mass is 568 g/mol. The Kier molecular flexibility index (Phi) is 13.0. The molecule has 0 radical (unpaired) electrons. The summed E-state index contributed by atoms with van der Waals surface area (Å²) in [5, 5.41) is 45.4. The lowest BCUT2D eigenvalue weighted by Crippen LogP contribution is -2.59. The van der Waals surface area contributed by atoms with Gasteiger partial charge in [0, 0.05) is 0 Å². The van der Waals surface area contributed by atoms with Gasteiger partial charge in [-0.05, 0) is 31.0 Å². The zero-order valence-corrected chi connectivity index (χ0v) is 21.3. The molecule has 40 heavy (non-hydrogen) atoms. The number of phenols is 1. The number of nitrogens with one attached hydrogen (secondary N) is 4. The summed E-state index contributed by atoms with van der Waals surface area (Å²) in [4.78, 5) is 83.4. The highest BCUT2D eigenvalue weighted by Crippen LogP contribution is 2.11. The second kappa shape index (κ2) is 15.6. The van der Waals surface area contributed by atoms with Crippen LogP contribution in [0.4, 0.5) is 0 Å². The first-order chi connectivity index (χ1) is 18.6. The number of aliphatic hydroxyl groups is 1. The van der Waals surface area contributed by atoms with Gasteiger partial charge >= 0.3 is 11.9 Å². The van der Waals surface area contributed by atoms with Crippen molar-refractivity contribution in [2.24, 2.45) is 11.5 Å². The van der Waals surface area contributed by atoms with E-state index in [0.29, 0.717) is 5.56 Å². The number of carboxylic acid groups (broad SMARTS) is 2. The largest absolute Gasteiger partial charge is 0.508 e. The smallest absolute Gasteiger partial charge is 0.326 e. The van der Waals surface area contributed by atoms with Crippen molar-refractivity contribution >= 4 is 41.5 Å². The van der Waals surface area contributed by atoms with Crippen LogP contribution in [-0.2, 0) is 40.0 Å². The van der Waals surface area contributed by atoms with Gasteiger partial charge in [-0.15, -0.1) is 0 Å². The maximum absolute atomic E-state index is 12.7. The molecule has 1 aromatic carbocycles. The van der Waals surface area contributed by atoms with Gasteiger partial charge in [-0.25, -0.2) is 4.79 Å². The second-order valence-electron chi connectivity index (χ2n) is 8.68. The van der Waals surface area contributed by atoms with Gasteiger partial charge in [0.1, 0.15) is 29.9 Å². The number of carbonyl (C=O) groups excluding carboxylic acids is 5. The van der Waals surface area contributed by atoms with Crippen LogP contribution in [0, 0.1) is 0 Å². The van der Waals surface area contributed by atoms with Gasteiger partial charge in [-0.1, -0.05) is 12.1 Å². The van der Waals surface area contributed by atoms with Crippen LogP contribution >= 0.6 is 0 Å². The molecule has 1 rings (SSSR count). The predicted octanol–water partition coefficient (Wildman–Crippen LogP) is -4.35. The lowest BCUT2D eigenvalue weighted by atomic mass is 10.0. The second-order valence-corrected chi connectivity index (χ2v) is 8.68. The van der Waals surface area contributed by atoms with Crippen molar-refractivity contribution < 1.29 is 54.0 Å². The van der Waals surface area contributed by atoms with Gasteiger partial charge in [0.25, 0.3) is 0 Å². The molecule has 0 fully saturated rings. The van der Waals surface area contributed by atoms with Gasteiger partial charge in [-0.2, -0.15) is 0 Å². The Morgan fingerprint density at radius 1 is 0.775 bits per heavy atom. The summed E-state index contributed by atoms with van der Waals surface area (Å²) < 4.78 is 0. The van der Waals surface area contributed by atoms with Gasteiger partial charge in [0.15, 0.2) is 0 Å². The van der Waals surface area contributed by atoms with Crippen LogP contribution in [-0.4, -0.2) is 98.7 Å². The molecule has 0 aromatic heterocycles. The Balaban J connectivity index is 2.81. The van der Waals surface area contributed by atoms with Gasteiger partial charge in [-0.3, -0.25) is 28.8 Å². The average Bonchev–Trinajstić information content (AvgIpc) is 2.86. The molecule has 0 unspecified atom stereocenters. The van der Waals surface area contributed by atoms with Crippen molar-refractivity contribution in [3.05, 3.63) is 29.8 Å². The minimum Gasteiger partial charge on any atom is -0.508 e. The maximum Gasteiger partial charge on any atom is 0.326 e. The number of amides is 5. The third kappa shape index (κ3) is 11.3. The summed E-state index contributed by atoms with van der Waals surface area (Å²) in [6.07, 6.45) is -1.62. The van der Waals surface area contributed by atoms with Crippen LogP contribution in [0.5, 0.6) is 5.75 Å². The Morgan fingerprint density at radius 2 is 1.30 bits per heavy atom. The van der Waals surface area contributed by atoms with E-state index in [2.05, 4.69) is 16.0 Å². The van der Waals surface area contributed by atoms with Crippen molar-refractivity contribution in [1.29, 1.82) is 0 Å². The number of rotatable bonds is 16. The fourth-order valence-corrected chi connectivity index (χ4v) is 3.19. The standard InChI is InChI=1S/C23H32N6O11/c1-10(19(35)29-16(9-30)22(38)28-15(23(39)40)7-17(25)32)26-21(37)14(8-18(33)34)27-20(36)13(24)6-11-2-4-12(31)5-3-11/h2-5,10,13-16,30-31H,6-9,24H2,1H3,(H2,25,32)(H,26,37)(H,27,36)(H,28,38)(H,29,35)(H,33,34)(H,39,40)/t10-,13-,14-,15-,16-/m0/s1. The molecule has 0 saturated heterocycles. The molecule has 17 heteroatoms. The van der Waals surface area contributed by atoms with Crippen LogP contribution in [0.15, 0.2) is 24.3 Å². The number of aromatic hydroxyl groups is 1. The molecule has 12 N–H and O–H groups in total. The predicted molar refractivity (Wildman–Crippen MR) is 134 cm³/mol. The quantitative estimate of drug-likeness (QED) is 0.0905. The Bertz CT molecular complexity index is 1110. The van der Waals surface area contributed by atoms with E-state index in [1.165, 1.54) is 24.3 Å². The Morgan fingerprint density at radius 3 is 1.80 bits per heavy atom. The van der Waals surface area contributed by atoms with E-state index in [-0.39, 0.29) is 12.2 Å². The van der Waals surface area contributed by atoms with Crippen molar-refractivity contribution in [2.45, 2.75) is 56.4 Å². The molecule has 0 heterocycles. The molecule has 220 valence electrons. The van der Waals surface area contributed by atoms with Gasteiger partial charge in [0.05, 0.1) is 25.5 Å². The normalized spacial score (nSPS) is 14.4. The van der Waals surface area contributed by atoms with E-state index in [4.69, 9.17) is 21.7 Å². The number of phenolic OH excluding ortho intramolecular Hbond substituents is 1. The number of hydrogen-bond donors (Lipinski definition) is 10. The van der Waals surface area contributed by atoms with Crippen LogP contribution in [0.1, 0.15) is 25.3 Å². The molecule has 0 spiro atoms. The summed E-state index contributed by atoms with van der Waals surface area (Å²) in [5.74, 6) is -8.22. The number of carbonyl (C=O) groups is 7. The van der Waals surface area contributed by atoms with Crippen LogP contribution in [0.25, 0.3) is 0 Å². The van der Waals surface area contributed by atoms with Crippen molar-refractivity contribution in [2.75, 3.05) is 6.61 Å². The summed E-state index contributed by atoms with van der Waals surface area (Å²) in [6.45, 7) is 0.167. The minimum absolute atomic E-state index is 0.000872. The topological polar surface area (TPSA) is 301 Å². The Labute approximate surface area is 227 Å². The van der Waals surface area contributed by atoms with E-state index >= 15 is 0 Å². The van der Waals surface area contributed by atoms with E-state index in [1.807, 2.05) is 5.32 Å². The fraction of sp³-hybridized carbons (Fsp3) is 0.435. The number of aliphatic carboxylic acids is 2. The molecule has 1 aromatic rings. The van der Waals surface area contributed by atoms with E-state index in [0.717, 1.165) is 6.92 Å². The molecule has 0 aliphatic carbocycles.